The number of carbonyl (C=O) groups excluding carboxylic acids is 2. The molecule has 1 aliphatic heterocycles. The van der Waals surface area contributed by atoms with Crippen molar-refractivity contribution in [3.05, 3.63) is 0 Å². The molecular weight excluding hydrogens is 252 g/mol. The Kier molecular flexibility index (Phi) is 3.78. The van der Waals surface area contributed by atoms with Gasteiger partial charge in [-0.25, -0.2) is 0 Å². The van der Waals surface area contributed by atoms with E-state index in [-0.39, 0.29) is 11.7 Å². The Bertz CT molecular complexity index is 448. The summed E-state index contributed by atoms with van der Waals surface area (Å²) in [5.41, 5.74) is 0. The number of hydrogen-bond acceptors (Lipinski definition) is 3. The van der Waals surface area contributed by atoms with Crippen LogP contribution >= 0.6 is 0 Å². The van der Waals surface area contributed by atoms with Crippen LogP contribution in [0.5, 0.6) is 0 Å². The van der Waals surface area contributed by atoms with Crippen molar-refractivity contribution < 1.29 is 9.59 Å². The normalized spacial score (nSPS) is 33.1. The zero-order chi connectivity index (χ0) is 14.1. The Balaban J connectivity index is 1.59. The molecule has 3 fully saturated rings. The maximum absolute atomic E-state index is 12.3. The van der Waals surface area contributed by atoms with E-state index in [1.807, 2.05) is 6.07 Å². The number of nitrogens with zero attached hydrogens (tertiary/aromatic N) is 2. The van der Waals surface area contributed by atoms with Crippen LogP contribution in [-0.4, -0.2) is 29.7 Å². The molecule has 0 unspecified atom stereocenters. The van der Waals surface area contributed by atoms with Gasteiger partial charge >= 0.3 is 0 Å². The molecule has 0 aromatic rings. The first kappa shape index (κ1) is 13.6. The minimum absolute atomic E-state index is 0.137. The van der Waals surface area contributed by atoms with Crippen molar-refractivity contribution in [3.8, 4) is 6.07 Å². The van der Waals surface area contributed by atoms with Gasteiger partial charge in [-0.3, -0.25) is 9.59 Å². The van der Waals surface area contributed by atoms with Crippen molar-refractivity contribution >= 4 is 11.7 Å². The molecule has 4 heteroatoms. The van der Waals surface area contributed by atoms with Crippen molar-refractivity contribution in [1.29, 1.82) is 5.26 Å². The predicted molar refractivity (Wildman–Crippen MR) is 73.5 cm³/mol. The first-order valence-electron chi connectivity index (χ1n) is 7.90. The third-order valence-electron chi connectivity index (χ3n) is 5.46. The van der Waals surface area contributed by atoms with E-state index < -0.39 is 5.92 Å². The molecule has 0 N–H and O–H groups in total. The lowest BCUT2D eigenvalue weighted by Crippen LogP contribution is -2.37. The molecule has 1 saturated heterocycles. The number of carbonyl (C=O) groups is 2. The van der Waals surface area contributed by atoms with Crippen LogP contribution in [-0.2, 0) is 9.59 Å². The molecule has 2 aliphatic carbocycles. The topological polar surface area (TPSA) is 61.2 Å². The molecule has 1 heterocycles. The van der Waals surface area contributed by atoms with Gasteiger partial charge in [0.25, 0.3) is 0 Å². The Labute approximate surface area is 120 Å². The Hall–Kier alpha value is -1.37. The summed E-state index contributed by atoms with van der Waals surface area (Å²) in [5.74, 6) is 0.466. The Morgan fingerprint density at radius 1 is 1.20 bits per heavy atom. The van der Waals surface area contributed by atoms with Crippen LogP contribution in [0, 0.1) is 35.0 Å². The van der Waals surface area contributed by atoms with E-state index in [0.29, 0.717) is 31.3 Å². The predicted octanol–water partition coefficient (Wildman–Crippen LogP) is 2.14. The van der Waals surface area contributed by atoms with Crippen molar-refractivity contribution in [2.24, 2.45) is 23.7 Å². The summed E-state index contributed by atoms with van der Waals surface area (Å²) in [5, 5.41) is 9.21. The molecular formula is C16H22N2O2. The van der Waals surface area contributed by atoms with Crippen LogP contribution in [0.3, 0.4) is 0 Å². The van der Waals surface area contributed by atoms with E-state index in [1.165, 1.54) is 19.3 Å². The molecule has 4 nitrogen and oxygen atoms in total. The number of nitriles is 1. The quantitative estimate of drug-likeness (QED) is 0.738. The lowest BCUT2D eigenvalue weighted by molar-refractivity contribution is -0.138. The van der Waals surface area contributed by atoms with Gasteiger partial charge in [0.15, 0.2) is 11.7 Å². The van der Waals surface area contributed by atoms with Gasteiger partial charge in [0.1, 0.15) is 0 Å². The Morgan fingerprint density at radius 3 is 2.50 bits per heavy atom. The molecule has 0 spiro atoms. The Morgan fingerprint density at radius 2 is 1.95 bits per heavy atom. The van der Waals surface area contributed by atoms with Gasteiger partial charge in [-0.2, -0.15) is 5.26 Å². The van der Waals surface area contributed by atoms with Crippen LogP contribution in [0.25, 0.3) is 0 Å². The van der Waals surface area contributed by atoms with Crippen LogP contribution in [0.1, 0.15) is 44.9 Å². The van der Waals surface area contributed by atoms with Gasteiger partial charge in [-0.1, -0.05) is 6.42 Å². The summed E-state index contributed by atoms with van der Waals surface area (Å²) >= 11 is 0. The number of ketones is 1. The SMILES string of the molecule is N#C[C@@H](C(=O)C[C@@H]1C[C@H]2CC[C@H]1C2)C(=O)N1CCCC1. The van der Waals surface area contributed by atoms with Crippen LogP contribution in [0.15, 0.2) is 0 Å². The fourth-order valence-corrected chi connectivity index (χ4v) is 4.39. The van der Waals surface area contributed by atoms with E-state index >= 15 is 0 Å². The number of hydrogen-bond donors (Lipinski definition) is 0. The van der Waals surface area contributed by atoms with Crippen molar-refractivity contribution in [2.45, 2.75) is 44.9 Å². The molecule has 0 aromatic carbocycles. The molecule has 2 saturated carbocycles. The third kappa shape index (κ3) is 2.46. The third-order valence-corrected chi connectivity index (χ3v) is 5.46. The van der Waals surface area contributed by atoms with Crippen LogP contribution in [0.4, 0.5) is 0 Å². The summed E-state index contributed by atoms with van der Waals surface area (Å²) in [6.45, 7) is 1.41. The summed E-state index contributed by atoms with van der Waals surface area (Å²) in [4.78, 5) is 26.3. The second kappa shape index (κ2) is 5.55. The van der Waals surface area contributed by atoms with E-state index in [4.69, 9.17) is 0 Å². The zero-order valence-corrected chi connectivity index (χ0v) is 11.9. The molecule has 108 valence electrons. The fraction of sp³-hybridized carbons (Fsp3) is 0.812. The van der Waals surface area contributed by atoms with Gasteiger partial charge in [0.2, 0.25) is 5.91 Å². The van der Waals surface area contributed by atoms with Crippen LogP contribution < -0.4 is 0 Å². The minimum atomic E-state index is -1.05. The molecule has 20 heavy (non-hydrogen) atoms. The van der Waals surface area contributed by atoms with E-state index in [1.54, 1.807) is 4.90 Å². The molecule has 0 aromatic heterocycles. The van der Waals surface area contributed by atoms with E-state index in [2.05, 4.69) is 0 Å². The number of likely N-dealkylation sites (tertiary alicyclic amines) is 1. The smallest absolute Gasteiger partial charge is 0.247 e. The number of amides is 1. The van der Waals surface area contributed by atoms with Crippen LogP contribution in [0.2, 0.25) is 0 Å². The molecule has 3 aliphatic rings. The van der Waals surface area contributed by atoms with Crippen molar-refractivity contribution in [2.75, 3.05) is 13.1 Å². The molecule has 2 bridgehead atoms. The van der Waals surface area contributed by atoms with Gasteiger partial charge in [0, 0.05) is 19.5 Å². The zero-order valence-electron chi connectivity index (χ0n) is 11.9. The first-order valence-corrected chi connectivity index (χ1v) is 7.90. The van der Waals surface area contributed by atoms with Gasteiger partial charge < -0.3 is 4.90 Å². The average Bonchev–Trinajstić information content (AvgIpc) is 3.17. The second-order valence-electron chi connectivity index (χ2n) is 6.70. The molecule has 3 rings (SSSR count). The minimum Gasteiger partial charge on any atom is -0.341 e. The summed E-state index contributed by atoms with van der Waals surface area (Å²) in [6.07, 6.45) is 7.36. The molecule has 1 amide bonds. The summed E-state index contributed by atoms with van der Waals surface area (Å²) in [6, 6.07) is 1.96. The van der Waals surface area contributed by atoms with Crippen molar-refractivity contribution in [1.82, 2.24) is 4.90 Å². The highest BCUT2D eigenvalue weighted by atomic mass is 16.2. The summed E-state index contributed by atoms with van der Waals surface area (Å²) in [7, 11) is 0. The second-order valence-corrected chi connectivity index (χ2v) is 6.70. The van der Waals surface area contributed by atoms with Gasteiger partial charge in [-0.15, -0.1) is 0 Å². The maximum atomic E-state index is 12.3. The fourth-order valence-electron chi connectivity index (χ4n) is 4.39. The highest BCUT2D eigenvalue weighted by molar-refractivity contribution is 6.04. The monoisotopic (exact) mass is 274 g/mol. The number of fused-ring (bicyclic) bond motifs is 2. The summed E-state index contributed by atoms with van der Waals surface area (Å²) < 4.78 is 0. The number of Topliss-reactive ketones (excluding diaryl/α,β-unsaturated/α-hetero) is 1. The largest absolute Gasteiger partial charge is 0.341 e. The molecule has 0 radical (unpaired) electrons. The lowest BCUT2D eigenvalue weighted by atomic mass is 9.83. The van der Waals surface area contributed by atoms with Gasteiger partial charge in [-0.05, 0) is 49.9 Å². The number of rotatable bonds is 4. The van der Waals surface area contributed by atoms with E-state index in [9.17, 15) is 14.9 Å². The maximum Gasteiger partial charge on any atom is 0.247 e. The highest BCUT2D eigenvalue weighted by Gasteiger charge is 2.42. The standard InChI is InChI=1S/C16H22N2O2/c17-10-14(16(20)18-5-1-2-6-18)15(19)9-13-8-11-3-4-12(13)7-11/h11-14H,1-9H2/t11-,12-,13-,14-/m0/s1. The highest BCUT2D eigenvalue weighted by Crippen LogP contribution is 2.49. The average molecular weight is 274 g/mol. The molecule has 4 atom stereocenters. The first-order chi connectivity index (χ1) is 9.69. The lowest BCUT2D eigenvalue weighted by Gasteiger charge is -2.23. The van der Waals surface area contributed by atoms with Gasteiger partial charge in [0.05, 0.1) is 6.07 Å². The van der Waals surface area contributed by atoms with Crippen molar-refractivity contribution in [3.63, 3.8) is 0 Å². The van der Waals surface area contributed by atoms with E-state index in [0.717, 1.165) is 25.2 Å².